The summed E-state index contributed by atoms with van der Waals surface area (Å²) in [6.07, 6.45) is 0. The van der Waals surface area contributed by atoms with Crippen LogP contribution in [0.5, 0.6) is 0 Å². The number of aromatic nitrogens is 5. The summed E-state index contributed by atoms with van der Waals surface area (Å²) in [6.45, 7) is 0. The minimum absolute atomic E-state index is 0.535. The Bertz CT molecular complexity index is 4390. The molecule has 74 heavy (non-hydrogen) atoms. The minimum atomic E-state index is 0.535. The van der Waals surface area contributed by atoms with Crippen LogP contribution < -0.4 is 0 Å². The first-order valence-corrected chi connectivity index (χ1v) is 25.1. The largest absolute Gasteiger partial charge is 0.307 e. The van der Waals surface area contributed by atoms with Crippen molar-refractivity contribution < 1.29 is 0 Å². The summed E-state index contributed by atoms with van der Waals surface area (Å²) in [5, 5.41) is 4.51. The Kier molecular flexibility index (Phi) is 10.4. The lowest BCUT2D eigenvalue weighted by molar-refractivity contribution is 0.953. The van der Waals surface area contributed by atoms with Crippen molar-refractivity contribution in [1.29, 1.82) is 0 Å². The number of rotatable bonds is 9. The highest BCUT2D eigenvalue weighted by Crippen LogP contribution is 2.45. The minimum Gasteiger partial charge on any atom is -0.307 e. The average molecular weight is 944 g/mol. The Balaban J connectivity index is 1.06. The van der Waals surface area contributed by atoms with Gasteiger partial charge in [0.2, 0.25) is 5.95 Å². The molecule has 5 heteroatoms. The molecule has 0 radical (unpaired) electrons. The summed E-state index contributed by atoms with van der Waals surface area (Å²) in [6, 6.07) is 97.2. The standard InChI is InChI=1S/C69H45N5/c1-5-20-46(21-6-1)49-36-38-51(39-37-49)67-70-68(54-29-19-28-52(44-54)47-22-7-2-8-23-47)72-69(71-67)74-64-35-18-14-31-57(64)60-43-42-59-56-30-13-16-33-62(56)73(65(59)66(60)74)63-34-17-15-32-58(63)61-45-53(48-24-9-3-10-25-48)40-41-55(61)50-26-11-4-12-27-50/h1-45H. The molecule has 0 aliphatic carbocycles. The lowest BCUT2D eigenvalue weighted by Gasteiger charge is -2.19. The second-order valence-corrected chi connectivity index (χ2v) is 18.7. The van der Waals surface area contributed by atoms with Crippen molar-refractivity contribution in [3.05, 3.63) is 273 Å². The van der Waals surface area contributed by atoms with Gasteiger partial charge in [0, 0.05) is 38.2 Å². The summed E-state index contributed by atoms with van der Waals surface area (Å²) in [7, 11) is 0. The molecule has 0 saturated heterocycles. The normalized spacial score (nSPS) is 11.5. The molecule has 11 aromatic carbocycles. The number of para-hydroxylation sites is 3. The Labute approximate surface area is 428 Å². The van der Waals surface area contributed by atoms with Gasteiger partial charge < -0.3 is 4.57 Å². The van der Waals surface area contributed by atoms with Crippen LogP contribution in [0.15, 0.2) is 273 Å². The predicted molar refractivity (Wildman–Crippen MR) is 307 cm³/mol. The zero-order valence-electron chi connectivity index (χ0n) is 40.2. The Morgan fingerprint density at radius 3 is 1.30 bits per heavy atom. The number of benzene rings is 11. The maximum atomic E-state index is 5.52. The van der Waals surface area contributed by atoms with Crippen LogP contribution in [0.25, 0.3) is 134 Å². The summed E-state index contributed by atoms with van der Waals surface area (Å²) in [4.78, 5) is 16.3. The van der Waals surface area contributed by atoms with Crippen LogP contribution in [-0.2, 0) is 0 Å². The van der Waals surface area contributed by atoms with E-state index in [0.717, 1.165) is 110 Å². The molecule has 3 heterocycles. The summed E-state index contributed by atoms with van der Waals surface area (Å²) in [5.74, 6) is 1.71. The van der Waals surface area contributed by atoms with E-state index in [1.807, 2.05) is 12.1 Å². The number of hydrogen-bond donors (Lipinski definition) is 0. The quantitative estimate of drug-likeness (QED) is 0.145. The third-order valence-corrected chi connectivity index (χ3v) is 14.4. The van der Waals surface area contributed by atoms with E-state index < -0.39 is 0 Å². The van der Waals surface area contributed by atoms with Gasteiger partial charge in [-0.1, -0.05) is 243 Å². The molecule has 0 saturated carbocycles. The highest BCUT2D eigenvalue weighted by Gasteiger charge is 2.25. The SMILES string of the molecule is c1ccc(-c2ccc(-c3nc(-c4cccc(-c5ccccc5)c4)nc(-n4c5ccccc5c5ccc6c7ccccc7n(-c7ccccc7-c7cc(-c8ccccc8)ccc7-c7ccccc7)c6c54)n3)cc2)cc1. The Hall–Kier alpha value is -9.97. The van der Waals surface area contributed by atoms with Crippen molar-refractivity contribution in [3.63, 3.8) is 0 Å². The highest BCUT2D eigenvalue weighted by molar-refractivity contribution is 6.24. The van der Waals surface area contributed by atoms with Crippen LogP contribution in [0.4, 0.5) is 0 Å². The first-order valence-electron chi connectivity index (χ1n) is 25.1. The molecule has 0 unspecified atom stereocenters. The Morgan fingerprint density at radius 2 is 0.662 bits per heavy atom. The van der Waals surface area contributed by atoms with Crippen LogP contribution in [-0.4, -0.2) is 24.1 Å². The van der Waals surface area contributed by atoms with Crippen LogP contribution in [0.1, 0.15) is 0 Å². The smallest absolute Gasteiger partial charge is 0.238 e. The third kappa shape index (κ3) is 7.37. The fourth-order valence-corrected chi connectivity index (χ4v) is 10.9. The molecule has 0 aliphatic heterocycles. The van der Waals surface area contributed by atoms with E-state index in [1.165, 1.54) is 5.56 Å². The van der Waals surface area contributed by atoms with Gasteiger partial charge in [-0.05, 0) is 80.4 Å². The molecule has 14 aromatic rings. The van der Waals surface area contributed by atoms with E-state index in [1.54, 1.807) is 0 Å². The number of hydrogen-bond acceptors (Lipinski definition) is 3. The van der Waals surface area contributed by atoms with Crippen molar-refractivity contribution in [2.45, 2.75) is 0 Å². The van der Waals surface area contributed by atoms with Gasteiger partial charge in [-0.15, -0.1) is 0 Å². The predicted octanol–water partition coefficient (Wildman–Crippen LogP) is 17.7. The van der Waals surface area contributed by atoms with Crippen LogP contribution in [0.3, 0.4) is 0 Å². The fraction of sp³-hybridized carbons (Fsp3) is 0. The van der Waals surface area contributed by atoms with Crippen LogP contribution >= 0.6 is 0 Å². The molecule has 3 aromatic heterocycles. The maximum absolute atomic E-state index is 5.52. The van der Waals surface area contributed by atoms with Crippen molar-refractivity contribution in [2.24, 2.45) is 0 Å². The van der Waals surface area contributed by atoms with Gasteiger partial charge in [-0.2, -0.15) is 9.97 Å². The third-order valence-electron chi connectivity index (χ3n) is 14.4. The molecule has 14 rings (SSSR count). The van der Waals surface area contributed by atoms with Gasteiger partial charge in [0.25, 0.3) is 0 Å². The van der Waals surface area contributed by atoms with Gasteiger partial charge >= 0.3 is 0 Å². The number of fused-ring (bicyclic) bond motifs is 7. The first kappa shape index (κ1) is 42.9. The lowest BCUT2D eigenvalue weighted by atomic mass is 9.90. The summed E-state index contributed by atoms with van der Waals surface area (Å²) < 4.78 is 4.76. The zero-order chi connectivity index (χ0) is 49.0. The lowest BCUT2D eigenvalue weighted by Crippen LogP contribution is -2.07. The molecule has 0 bridgehead atoms. The molecular weight excluding hydrogens is 899 g/mol. The zero-order valence-corrected chi connectivity index (χ0v) is 40.2. The van der Waals surface area contributed by atoms with Crippen molar-refractivity contribution in [2.75, 3.05) is 0 Å². The van der Waals surface area contributed by atoms with Crippen molar-refractivity contribution >= 4 is 43.6 Å². The van der Waals surface area contributed by atoms with Crippen LogP contribution in [0, 0.1) is 0 Å². The molecule has 0 N–H and O–H groups in total. The van der Waals surface area contributed by atoms with E-state index in [9.17, 15) is 0 Å². The van der Waals surface area contributed by atoms with Gasteiger partial charge in [-0.3, -0.25) is 4.57 Å². The monoisotopic (exact) mass is 943 g/mol. The Morgan fingerprint density at radius 1 is 0.230 bits per heavy atom. The molecule has 0 atom stereocenters. The molecule has 346 valence electrons. The van der Waals surface area contributed by atoms with E-state index >= 15 is 0 Å². The second kappa shape index (κ2) is 18.0. The first-order chi connectivity index (χ1) is 36.7. The van der Waals surface area contributed by atoms with E-state index in [2.05, 4.69) is 270 Å². The fourth-order valence-electron chi connectivity index (χ4n) is 10.9. The van der Waals surface area contributed by atoms with Gasteiger partial charge in [0.05, 0.1) is 27.8 Å². The second-order valence-electron chi connectivity index (χ2n) is 18.7. The number of nitrogens with zero attached hydrogens (tertiary/aromatic N) is 5. The van der Waals surface area contributed by atoms with Gasteiger partial charge in [-0.25, -0.2) is 4.98 Å². The van der Waals surface area contributed by atoms with Crippen LogP contribution in [0.2, 0.25) is 0 Å². The topological polar surface area (TPSA) is 48.5 Å². The van der Waals surface area contributed by atoms with E-state index in [-0.39, 0.29) is 0 Å². The molecule has 0 aliphatic rings. The molecule has 0 spiro atoms. The average Bonchev–Trinajstić information content (AvgIpc) is 4.01. The maximum Gasteiger partial charge on any atom is 0.238 e. The summed E-state index contributed by atoms with van der Waals surface area (Å²) >= 11 is 0. The summed E-state index contributed by atoms with van der Waals surface area (Å²) in [5.41, 5.74) is 18.5. The highest BCUT2D eigenvalue weighted by atomic mass is 15.2. The molecule has 5 nitrogen and oxygen atoms in total. The van der Waals surface area contributed by atoms with Crippen molar-refractivity contribution in [1.82, 2.24) is 24.1 Å². The molecule has 0 amide bonds. The van der Waals surface area contributed by atoms with E-state index in [4.69, 9.17) is 15.0 Å². The van der Waals surface area contributed by atoms with E-state index in [0.29, 0.717) is 17.6 Å². The molecule has 0 fully saturated rings. The van der Waals surface area contributed by atoms with Gasteiger partial charge in [0.15, 0.2) is 11.6 Å². The van der Waals surface area contributed by atoms with Gasteiger partial charge in [0.1, 0.15) is 0 Å². The van der Waals surface area contributed by atoms with Crippen molar-refractivity contribution in [3.8, 4) is 90.0 Å². The molecular formula is C69H45N5.